The molecule has 0 bridgehead atoms. The van der Waals surface area contributed by atoms with Gasteiger partial charge in [-0.2, -0.15) is 4.98 Å². The van der Waals surface area contributed by atoms with Gasteiger partial charge in [0.15, 0.2) is 0 Å². The number of aromatic nitrogens is 2. The highest BCUT2D eigenvalue weighted by molar-refractivity contribution is 5.81. The Hall–Kier alpha value is -2.04. The quantitative estimate of drug-likeness (QED) is 0.824. The molecule has 1 aliphatic rings. The maximum atomic E-state index is 12.0. The van der Waals surface area contributed by atoms with Crippen LogP contribution in [-0.4, -0.2) is 16.1 Å². The fourth-order valence-corrected chi connectivity index (χ4v) is 2.70. The van der Waals surface area contributed by atoms with Gasteiger partial charge in [-0.25, -0.2) is 0 Å². The largest absolute Gasteiger partial charge is 0.461 e. The Bertz CT molecular complexity index is 672. The van der Waals surface area contributed by atoms with E-state index in [-0.39, 0.29) is 11.7 Å². The van der Waals surface area contributed by atoms with Crippen molar-refractivity contribution in [2.75, 3.05) is 5.73 Å². The van der Waals surface area contributed by atoms with Crippen molar-refractivity contribution in [3.8, 4) is 6.01 Å². The van der Waals surface area contributed by atoms with Gasteiger partial charge in [0.25, 0.3) is 11.6 Å². The molecule has 5 heteroatoms. The van der Waals surface area contributed by atoms with Crippen molar-refractivity contribution < 1.29 is 4.74 Å². The third-order valence-electron chi connectivity index (χ3n) is 3.95. The number of fused-ring (bicyclic) bond motifs is 1. The average Bonchev–Trinajstić information content (AvgIpc) is 2.42. The second-order valence-corrected chi connectivity index (χ2v) is 5.65. The number of ether oxygens (including phenoxy) is 1. The van der Waals surface area contributed by atoms with Crippen LogP contribution in [0.5, 0.6) is 6.01 Å². The van der Waals surface area contributed by atoms with Gasteiger partial charge in [0.05, 0.1) is 10.9 Å². The molecule has 1 fully saturated rings. The Morgan fingerprint density at radius 2 is 2.05 bits per heavy atom. The van der Waals surface area contributed by atoms with Crippen molar-refractivity contribution in [3.63, 3.8) is 0 Å². The molecule has 2 aromatic rings. The third-order valence-corrected chi connectivity index (χ3v) is 3.95. The number of benzene rings is 1. The molecule has 5 nitrogen and oxygen atoms in total. The van der Waals surface area contributed by atoms with Gasteiger partial charge in [0.2, 0.25) is 0 Å². The van der Waals surface area contributed by atoms with Gasteiger partial charge in [-0.3, -0.25) is 9.78 Å². The van der Waals surface area contributed by atoms with Crippen molar-refractivity contribution in [1.29, 1.82) is 0 Å². The summed E-state index contributed by atoms with van der Waals surface area (Å²) in [5, 5.41) is 0.495. The van der Waals surface area contributed by atoms with Gasteiger partial charge in [-0.05, 0) is 49.8 Å². The average molecular weight is 273 g/mol. The Morgan fingerprint density at radius 3 is 2.80 bits per heavy atom. The van der Waals surface area contributed by atoms with Crippen LogP contribution in [0.2, 0.25) is 0 Å². The molecular weight excluding hydrogens is 254 g/mol. The first-order valence-corrected chi connectivity index (χ1v) is 7.08. The van der Waals surface area contributed by atoms with E-state index in [4.69, 9.17) is 10.5 Å². The van der Waals surface area contributed by atoms with E-state index in [1.165, 1.54) is 12.8 Å². The normalized spacial score (nSPS) is 22.9. The van der Waals surface area contributed by atoms with E-state index >= 15 is 0 Å². The Kier molecular flexibility index (Phi) is 3.34. The summed E-state index contributed by atoms with van der Waals surface area (Å²) in [7, 11) is 0. The predicted octanol–water partition coefficient (Wildman–Crippen LogP) is 2.46. The molecule has 1 heterocycles. The monoisotopic (exact) mass is 273 g/mol. The number of rotatable bonds is 2. The topological polar surface area (TPSA) is 81.0 Å². The van der Waals surface area contributed by atoms with Crippen LogP contribution in [0, 0.1) is 5.92 Å². The van der Waals surface area contributed by atoms with E-state index < -0.39 is 0 Å². The van der Waals surface area contributed by atoms with Crippen molar-refractivity contribution >= 4 is 16.6 Å². The van der Waals surface area contributed by atoms with Gasteiger partial charge >= 0.3 is 0 Å². The minimum Gasteiger partial charge on any atom is -0.461 e. The van der Waals surface area contributed by atoms with Gasteiger partial charge in [0, 0.05) is 5.69 Å². The Balaban J connectivity index is 1.85. The number of H-pyrrole nitrogens is 1. The van der Waals surface area contributed by atoms with Crippen LogP contribution in [-0.2, 0) is 0 Å². The molecule has 1 aromatic heterocycles. The second-order valence-electron chi connectivity index (χ2n) is 5.65. The minimum absolute atomic E-state index is 0.153. The summed E-state index contributed by atoms with van der Waals surface area (Å²) in [6.45, 7) is 2.26. The van der Waals surface area contributed by atoms with E-state index in [1.807, 2.05) is 0 Å². The van der Waals surface area contributed by atoms with E-state index in [1.54, 1.807) is 18.2 Å². The van der Waals surface area contributed by atoms with E-state index in [2.05, 4.69) is 16.9 Å². The molecule has 0 amide bonds. The van der Waals surface area contributed by atoms with Crippen molar-refractivity contribution in [2.24, 2.45) is 5.92 Å². The Morgan fingerprint density at radius 1 is 1.30 bits per heavy atom. The lowest BCUT2D eigenvalue weighted by Crippen LogP contribution is -2.25. The highest BCUT2D eigenvalue weighted by Gasteiger charge is 2.20. The number of nitrogens with one attached hydrogen (secondary N) is 1. The highest BCUT2D eigenvalue weighted by atomic mass is 16.5. The lowest BCUT2D eigenvalue weighted by molar-refractivity contribution is 0.124. The molecule has 3 rings (SSSR count). The van der Waals surface area contributed by atoms with Crippen LogP contribution in [0.1, 0.15) is 32.6 Å². The van der Waals surface area contributed by atoms with Crippen molar-refractivity contribution in [2.45, 2.75) is 38.7 Å². The number of hydrogen-bond donors (Lipinski definition) is 2. The minimum atomic E-state index is -0.207. The summed E-state index contributed by atoms with van der Waals surface area (Å²) in [5.74, 6) is 0.765. The first-order valence-electron chi connectivity index (χ1n) is 7.08. The smallest absolute Gasteiger partial charge is 0.297 e. The zero-order valence-corrected chi connectivity index (χ0v) is 11.6. The maximum Gasteiger partial charge on any atom is 0.297 e. The summed E-state index contributed by atoms with van der Waals surface area (Å²) in [5.41, 5.74) is 6.64. The molecule has 3 N–H and O–H groups in total. The van der Waals surface area contributed by atoms with Crippen LogP contribution < -0.4 is 16.0 Å². The standard InChI is InChI=1S/C15H19N3O2/c1-9-2-5-11(6-3-9)20-15-17-13-7-4-10(16)8-12(13)14(19)18-15/h4,7-9,11H,2-3,5-6,16H2,1H3,(H,17,18,19). The molecule has 20 heavy (non-hydrogen) atoms. The van der Waals surface area contributed by atoms with Crippen LogP contribution in [0.4, 0.5) is 5.69 Å². The van der Waals surface area contributed by atoms with Crippen molar-refractivity contribution in [3.05, 3.63) is 28.6 Å². The molecular formula is C15H19N3O2. The maximum absolute atomic E-state index is 12.0. The molecule has 0 atom stereocenters. The zero-order chi connectivity index (χ0) is 14.1. The number of nitrogens with zero attached hydrogens (tertiary/aromatic N) is 1. The molecule has 0 aliphatic heterocycles. The fourth-order valence-electron chi connectivity index (χ4n) is 2.70. The fraction of sp³-hybridized carbons (Fsp3) is 0.467. The number of aromatic amines is 1. The molecule has 0 saturated heterocycles. The van der Waals surface area contributed by atoms with E-state index in [9.17, 15) is 4.79 Å². The summed E-state index contributed by atoms with van der Waals surface area (Å²) in [6.07, 6.45) is 4.52. The van der Waals surface area contributed by atoms with Crippen molar-refractivity contribution in [1.82, 2.24) is 9.97 Å². The van der Waals surface area contributed by atoms with Gasteiger partial charge in [0.1, 0.15) is 6.10 Å². The SMILES string of the molecule is CC1CCC(Oc2nc3ccc(N)cc3c(=O)[nH]2)CC1. The molecule has 1 aromatic carbocycles. The third kappa shape index (κ3) is 2.61. The summed E-state index contributed by atoms with van der Waals surface area (Å²) in [4.78, 5) is 19.1. The van der Waals surface area contributed by atoms with Crippen LogP contribution >= 0.6 is 0 Å². The molecule has 106 valence electrons. The van der Waals surface area contributed by atoms with Crippen LogP contribution in [0.15, 0.2) is 23.0 Å². The molecule has 0 unspecified atom stereocenters. The molecule has 0 radical (unpaired) electrons. The molecule has 0 spiro atoms. The summed E-state index contributed by atoms with van der Waals surface area (Å²) in [6, 6.07) is 5.43. The second kappa shape index (κ2) is 5.15. The number of hydrogen-bond acceptors (Lipinski definition) is 4. The lowest BCUT2D eigenvalue weighted by atomic mass is 9.89. The Labute approximate surface area is 117 Å². The number of anilines is 1. The van der Waals surface area contributed by atoms with Gasteiger partial charge < -0.3 is 10.5 Å². The number of nitrogens with two attached hydrogens (primary N) is 1. The van der Waals surface area contributed by atoms with E-state index in [0.29, 0.717) is 22.6 Å². The predicted molar refractivity (Wildman–Crippen MR) is 78.8 cm³/mol. The zero-order valence-electron chi connectivity index (χ0n) is 11.6. The molecule has 1 saturated carbocycles. The lowest BCUT2D eigenvalue weighted by Gasteiger charge is -2.26. The first-order chi connectivity index (χ1) is 9.61. The van der Waals surface area contributed by atoms with E-state index in [0.717, 1.165) is 18.8 Å². The highest BCUT2D eigenvalue weighted by Crippen LogP contribution is 2.26. The summed E-state index contributed by atoms with van der Waals surface area (Å²) >= 11 is 0. The molecule has 1 aliphatic carbocycles. The number of nitrogen functional groups attached to an aromatic ring is 1. The van der Waals surface area contributed by atoms with Crippen LogP contribution in [0.3, 0.4) is 0 Å². The first kappa shape index (κ1) is 13.0. The summed E-state index contributed by atoms with van der Waals surface area (Å²) < 4.78 is 5.82. The van der Waals surface area contributed by atoms with Gasteiger partial charge in [-0.1, -0.05) is 6.92 Å². The van der Waals surface area contributed by atoms with Gasteiger partial charge in [-0.15, -0.1) is 0 Å². The van der Waals surface area contributed by atoms with Crippen LogP contribution in [0.25, 0.3) is 10.9 Å².